The van der Waals surface area contributed by atoms with Gasteiger partial charge in [0.25, 0.3) is 0 Å². The molecule has 1 fully saturated rings. The van der Waals surface area contributed by atoms with Crippen molar-refractivity contribution in [1.82, 2.24) is 20.6 Å². The Morgan fingerprint density at radius 1 is 1.13 bits per heavy atom. The highest BCUT2D eigenvalue weighted by Crippen LogP contribution is 2.30. The van der Waals surface area contributed by atoms with Gasteiger partial charge in [-0.2, -0.15) is 0 Å². The Kier molecular flexibility index (Phi) is 10.5. The molecule has 47 heavy (non-hydrogen) atoms. The van der Waals surface area contributed by atoms with E-state index >= 15 is 0 Å². The lowest BCUT2D eigenvalue weighted by atomic mass is 9.79. The number of alkyl carbamates (subject to hydrolysis) is 1. The van der Waals surface area contributed by atoms with Gasteiger partial charge in [0.1, 0.15) is 22.9 Å². The molecule has 1 unspecified atom stereocenters. The number of hydrogen-bond donors (Lipinski definition) is 6. The number of ether oxygens (including phenoxy) is 2. The van der Waals surface area contributed by atoms with Crippen molar-refractivity contribution in [2.75, 3.05) is 11.9 Å². The number of carboxylic acid groups (broad SMARTS) is 1. The highest BCUT2D eigenvalue weighted by atomic mass is 16.6. The summed E-state index contributed by atoms with van der Waals surface area (Å²) < 4.78 is 17.0. The molecule has 250 valence electrons. The molecular formula is C32H40BN5O9. The van der Waals surface area contributed by atoms with Crippen molar-refractivity contribution in [3.05, 3.63) is 48.2 Å². The number of nitrogens with one attached hydrogen (secondary N) is 3. The molecule has 0 radical (unpaired) electrons. The van der Waals surface area contributed by atoms with Crippen LogP contribution in [0.2, 0.25) is 0 Å². The molecule has 0 spiro atoms. The zero-order chi connectivity index (χ0) is 33.7. The Bertz CT molecular complexity index is 1610. The van der Waals surface area contributed by atoms with Crippen molar-refractivity contribution in [1.29, 1.82) is 0 Å². The number of benzene rings is 2. The smallest absolute Gasteiger partial charge is 0.488 e. The lowest BCUT2D eigenvalue weighted by Crippen LogP contribution is -2.44. The Balaban J connectivity index is 1.17. The Morgan fingerprint density at radius 2 is 1.89 bits per heavy atom. The highest BCUT2D eigenvalue weighted by molar-refractivity contribution is 6.62. The van der Waals surface area contributed by atoms with Gasteiger partial charge in [0.15, 0.2) is 0 Å². The van der Waals surface area contributed by atoms with Crippen LogP contribution in [0.3, 0.4) is 0 Å². The number of anilines is 2. The van der Waals surface area contributed by atoms with Crippen LogP contribution in [0.25, 0.3) is 10.9 Å². The third-order valence-electron chi connectivity index (χ3n) is 7.89. The minimum absolute atomic E-state index is 0.00845. The first kappa shape index (κ1) is 33.9. The van der Waals surface area contributed by atoms with Crippen LogP contribution in [0.1, 0.15) is 71.0 Å². The number of nitrogens with zero attached hydrogens (tertiary/aromatic N) is 2. The summed E-state index contributed by atoms with van der Waals surface area (Å²) in [6.45, 7) is 5.02. The number of aromatic nitrogens is 2. The maximum Gasteiger partial charge on any atom is 0.492 e. The second-order valence-corrected chi connectivity index (χ2v) is 12.8. The molecule has 2 atom stereocenters. The van der Waals surface area contributed by atoms with Crippen molar-refractivity contribution in [2.45, 2.75) is 89.3 Å². The minimum atomic E-state index is -1.30. The summed E-state index contributed by atoms with van der Waals surface area (Å²) in [6.07, 6.45) is 2.58. The number of carboxylic acids is 1. The molecule has 2 heterocycles. The molecule has 2 amide bonds. The van der Waals surface area contributed by atoms with Crippen LogP contribution in [0.15, 0.2) is 42.6 Å². The van der Waals surface area contributed by atoms with Crippen molar-refractivity contribution in [3.8, 4) is 5.75 Å². The predicted octanol–water partition coefficient (Wildman–Crippen LogP) is 2.69. The maximum atomic E-state index is 12.5. The predicted molar refractivity (Wildman–Crippen MR) is 173 cm³/mol. The molecule has 0 saturated heterocycles. The van der Waals surface area contributed by atoms with Gasteiger partial charge in [0, 0.05) is 30.2 Å². The van der Waals surface area contributed by atoms with E-state index in [-0.39, 0.29) is 31.6 Å². The van der Waals surface area contributed by atoms with E-state index in [1.165, 1.54) is 0 Å². The molecule has 5 rings (SSSR count). The normalized spacial score (nSPS) is 19.9. The van der Waals surface area contributed by atoms with Crippen LogP contribution in [-0.2, 0) is 19.0 Å². The monoisotopic (exact) mass is 649 g/mol. The van der Waals surface area contributed by atoms with Gasteiger partial charge in [0.2, 0.25) is 11.9 Å². The van der Waals surface area contributed by atoms with Gasteiger partial charge < -0.3 is 45.3 Å². The second-order valence-electron chi connectivity index (χ2n) is 12.8. The standard InChI is InChI=1S/C32H40BN5O9/c1-32(2,3)46-31(43)37-24(29(41)42)13-14-27(40)34-17-26-22-12-7-19(15-23(22)33(44)47-26)36-30-35-16-18-5-4-6-25(28(18)38-30)45-21-10-8-20(39)9-11-21/h4-7,12,15-16,20-21,24,26,39,44H,8-11,13-14,17H2,1-3H3,(H,34,40)(H,37,43)(H,41,42)(H,35,36,38)/t20-,21+,24-,26?/m0/s1. The summed E-state index contributed by atoms with van der Waals surface area (Å²) >= 11 is 0. The molecule has 1 saturated carbocycles. The Morgan fingerprint density at radius 3 is 2.62 bits per heavy atom. The van der Waals surface area contributed by atoms with Crippen LogP contribution in [0, 0.1) is 0 Å². The number of aliphatic hydroxyl groups excluding tert-OH is 1. The van der Waals surface area contributed by atoms with Gasteiger partial charge in [-0.25, -0.2) is 19.6 Å². The van der Waals surface area contributed by atoms with E-state index < -0.39 is 42.8 Å². The Hall–Kier alpha value is -4.47. The lowest BCUT2D eigenvalue weighted by molar-refractivity contribution is -0.139. The molecule has 6 N–H and O–H groups in total. The summed E-state index contributed by atoms with van der Waals surface area (Å²) in [5, 5.41) is 38.9. The lowest BCUT2D eigenvalue weighted by Gasteiger charge is -2.26. The summed E-state index contributed by atoms with van der Waals surface area (Å²) in [6, 6.07) is 9.67. The fourth-order valence-electron chi connectivity index (χ4n) is 5.55. The first-order valence-electron chi connectivity index (χ1n) is 15.7. The van der Waals surface area contributed by atoms with Gasteiger partial charge in [0.05, 0.1) is 18.3 Å². The van der Waals surface area contributed by atoms with Crippen LogP contribution < -0.4 is 26.2 Å². The molecular weight excluding hydrogens is 609 g/mol. The van der Waals surface area contributed by atoms with Crippen molar-refractivity contribution >= 4 is 53.1 Å². The van der Waals surface area contributed by atoms with Crippen molar-refractivity contribution in [2.24, 2.45) is 0 Å². The van der Waals surface area contributed by atoms with Gasteiger partial charge in [-0.05, 0) is 82.1 Å². The van der Waals surface area contributed by atoms with Crippen molar-refractivity contribution < 1.29 is 43.7 Å². The number of hydrogen-bond acceptors (Lipinski definition) is 11. The molecule has 0 bridgehead atoms. The second kappa shape index (κ2) is 14.5. The van der Waals surface area contributed by atoms with Gasteiger partial charge in [-0.1, -0.05) is 18.2 Å². The summed E-state index contributed by atoms with van der Waals surface area (Å²) in [5.41, 5.74) is 1.69. The summed E-state index contributed by atoms with van der Waals surface area (Å²) in [5.74, 6) is -0.738. The maximum absolute atomic E-state index is 12.5. The van der Waals surface area contributed by atoms with E-state index in [1.807, 2.05) is 18.2 Å². The topological polar surface area (TPSA) is 201 Å². The SMILES string of the molecule is CC(C)(C)OC(=O)N[C@@H](CCC(=O)NCC1OB(O)c2cc(Nc3ncc4cccc(O[C@H]5CC[C@@H](O)CC5)c4n3)ccc21)C(=O)O. The zero-order valence-electron chi connectivity index (χ0n) is 26.6. The number of amides is 2. The number of para-hydroxylation sites is 1. The number of carbonyl (C=O) groups excluding carboxylic acids is 2. The third kappa shape index (κ3) is 9.08. The fourth-order valence-corrected chi connectivity index (χ4v) is 5.55. The fraction of sp³-hybridized carbons (Fsp3) is 0.469. The minimum Gasteiger partial charge on any atom is -0.488 e. The first-order chi connectivity index (χ1) is 22.3. The molecule has 1 aromatic heterocycles. The van der Waals surface area contributed by atoms with Crippen LogP contribution in [-0.4, -0.2) is 80.7 Å². The van der Waals surface area contributed by atoms with Gasteiger partial charge in [-0.15, -0.1) is 0 Å². The molecule has 1 aliphatic carbocycles. The number of rotatable bonds is 11. The van der Waals surface area contributed by atoms with E-state index in [2.05, 4.69) is 20.9 Å². The van der Waals surface area contributed by atoms with Crippen LogP contribution in [0.5, 0.6) is 5.75 Å². The molecule has 14 nitrogen and oxygen atoms in total. The number of fused-ring (bicyclic) bond motifs is 2. The highest BCUT2D eigenvalue weighted by Gasteiger charge is 2.35. The van der Waals surface area contributed by atoms with Gasteiger partial charge in [-0.3, -0.25) is 4.79 Å². The number of aliphatic carboxylic acids is 1. The largest absolute Gasteiger partial charge is 0.492 e. The summed E-state index contributed by atoms with van der Waals surface area (Å²) in [4.78, 5) is 45.2. The van der Waals surface area contributed by atoms with E-state index in [4.69, 9.17) is 19.1 Å². The van der Waals surface area contributed by atoms with E-state index in [0.717, 1.165) is 18.2 Å². The van der Waals surface area contributed by atoms with E-state index in [9.17, 15) is 29.6 Å². The average molecular weight is 650 g/mol. The average Bonchev–Trinajstić information content (AvgIpc) is 3.33. The molecule has 15 heteroatoms. The van der Waals surface area contributed by atoms with Crippen molar-refractivity contribution in [3.63, 3.8) is 0 Å². The summed E-state index contributed by atoms with van der Waals surface area (Å²) in [7, 11) is -1.23. The Labute approximate surface area is 272 Å². The molecule has 2 aliphatic rings. The third-order valence-corrected chi connectivity index (χ3v) is 7.89. The van der Waals surface area contributed by atoms with E-state index in [0.29, 0.717) is 46.8 Å². The molecule has 1 aliphatic heterocycles. The molecule has 3 aromatic rings. The first-order valence-corrected chi connectivity index (χ1v) is 15.7. The number of aliphatic hydroxyl groups is 1. The van der Waals surface area contributed by atoms with Crippen LogP contribution >= 0.6 is 0 Å². The quantitative estimate of drug-likeness (QED) is 0.166. The van der Waals surface area contributed by atoms with Gasteiger partial charge >= 0.3 is 19.2 Å². The van der Waals surface area contributed by atoms with Crippen LogP contribution in [0.4, 0.5) is 16.4 Å². The molecule has 2 aromatic carbocycles. The van der Waals surface area contributed by atoms with E-state index in [1.54, 1.807) is 45.2 Å². The zero-order valence-corrected chi connectivity index (χ0v) is 26.6. The number of carbonyl (C=O) groups is 3.